The highest BCUT2D eigenvalue weighted by Gasteiger charge is 2.38. The largest absolute Gasteiger partial charge is 0.378 e. The quantitative estimate of drug-likeness (QED) is 0.659. The van der Waals surface area contributed by atoms with Crippen LogP contribution in [0.4, 0.5) is 11.4 Å². The van der Waals surface area contributed by atoms with Crippen LogP contribution in [0.3, 0.4) is 0 Å². The Bertz CT molecular complexity index is 850. The summed E-state index contributed by atoms with van der Waals surface area (Å²) in [5.74, 6) is 0.376. The van der Waals surface area contributed by atoms with E-state index in [2.05, 4.69) is 15.3 Å². The number of nitrogens with zero attached hydrogens (tertiary/aromatic N) is 2. The Labute approximate surface area is 137 Å². The number of benzene rings is 1. The first-order valence-electron chi connectivity index (χ1n) is 8.17. The lowest BCUT2D eigenvalue weighted by Crippen LogP contribution is -2.38. The van der Waals surface area contributed by atoms with Crippen LogP contribution in [0.15, 0.2) is 23.3 Å². The fourth-order valence-electron chi connectivity index (χ4n) is 3.93. The molecule has 3 atom stereocenters. The van der Waals surface area contributed by atoms with Gasteiger partial charge in [-0.15, -0.1) is 0 Å². The molecule has 2 N–H and O–H groups in total. The van der Waals surface area contributed by atoms with Crippen molar-refractivity contribution in [2.75, 3.05) is 11.9 Å². The SMILES string of the molecule is O=c1[nH]cnc2cc(NC3CCCC4OCCC34)c([N+](=O)[O-])cc12. The van der Waals surface area contributed by atoms with Gasteiger partial charge in [-0.05, 0) is 31.7 Å². The van der Waals surface area contributed by atoms with Gasteiger partial charge in [0.05, 0.1) is 28.3 Å². The maximum atomic E-state index is 11.8. The molecule has 1 aromatic carbocycles. The third-order valence-electron chi connectivity index (χ3n) is 5.08. The van der Waals surface area contributed by atoms with Crippen molar-refractivity contribution in [2.24, 2.45) is 5.92 Å². The van der Waals surface area contributed by atoms with Gasteiger partial charge in [0.15, 0.2) is 0 Å². The van der Waals surface area contributed by atoms with E-state index in [1.54, 1.807) is 6.07 Å². The molecule has 1 aliphatic carbocycles. The molecule has 2 aromatic rings. The summed E-state index contributed by atoms with van der Waals surface area (Å²) in [5.41, 5.74) is 0.392. The predicted molar refractivity (Wildman–Crippen MR) is 88.1 cm³/mol. The lowest BCUT2D eigenvalue weighted by Gasteiger charge is -2.33. The van der Waals surface area contributed by atoms with Crippen LogP contribution in [0.2, 0.25) is 0 Å². The third kappa shape index (κ3) is 2.52. The maximum Gasteiger partial charge on any atom is 0.293 e. The van der Waals surface area contributed by atoms with Crippen LogP contribution in [0.25, 0.3) is 10.9 Å². The molecule has 1 aromatic heterocycles. The van der Waals surface area contributed by atoms with Gasteiger partial charge in [-0.1, -0.05) is 0 Å². The monoisotopic (exact) mass is 330 g/mol. The zero-order valence-corrected chi connectivity index (χ0v) is 13.0. The van der Waals surface area contributed by atoms with E-state index >= 15 is 0 Å². The molecule has 8 nitrogen and oxygen atoms in total. The Balaban J connectivity index is 1.73. The molecule has 2 aliphatic rings. The van der Waals surface area contributed by atoms with Crippen LogP contribution >= 0.6 is 0 Å². The second kappa shape index (κ2) is 5.86. The van der Waals surface area contributed by atoms with Crippen molar-refractivity contribution in [3.05, 3.63) is 38.9 Å². The summed E-state index contributed by atoms with van der Waals surface area (Å²) in [6.45, 7) is 0.754. The predicted octanol–water partition coefficient (Wildman–Crippen LogP) is 2.20. The molecule has 0 bridgehead atoms. The summed E-state index contributed by atoms with van der Waals surface area (Å²) < 4.78 is 5.76. The number of hydrogen-bond donors (Lipinski definition) is 2. The smallest absolute Gasteiger partial charge is 0.293 e. The number of anilines is 1. The van der Waals surface area contributed by atoms with Crippen LogP contribution in [0.5, 0.6) is 0 Å². The third-order valence-corrected chi connectivity index (χ3v) is 5.08. The normalized spacial score (nSPS) is 26.2. The summed E-state index contributed by atoms with van der Waals surface area (Å²) in [6.07, 6.45) is 5.58. The summed E-state index contributed by atoms with van der Waals surface area (Å²) in [5, 5.41) is 15.0. The zero-order valence-electron chi connectivity index (χ0n) is 13.0. The first kappa shape index (κ1) is 15.1. The van der Waals surface area contributed by atoms with Crippen molar-refractivity contribution >= 4 is 22.3 Å². The Hall–Kier alpha value is -2.48. The number of hydrogen-bond acceptors (Lipinski definition) is 6. The minimum absolute atomic E-state index is 0.0953. The first-order chi connectivity index (χ1) is 11.6. The number of H-pyrrole nitrogens is 1. The summed E-state index contributed by atoms with van der Waals surface area (Å²) >= 11 is 0. The number of fused-ring (bicyclic) bond motifs is 2. The van der Waals surface area contributed by atoms with Crippen molar-refractivity contribution in [3.63, 3.8) is 0 Å². The van der Waals surface area contributed by atoms with Gasteiger partial charge in [-0.25, -0.2) is 4.98 Å². The molecule has 1 aliphatic heterocycles. The highest BCUT2D eigenvalue weighted by Crippen LogP contribution is 2.38. The van der Waals surface area contributed by atoms with E-state index in [1.165, 1.54) is 12.4 Å². The number of aromatic amines is 1. The summed E-state index contributed by atoms with van der Waals surface area (Å²) in [6, 6.07) is 3.04. The molecular weight excluding hydrogens is 312 g/mol. The molecular formula is C16H18N4O4. The Morgan fingerprint density at radius 1 is 1.33 bits per heavy atom. The topological polar surface area (TPSA) is 110 Å². The van der Waals surface area contributed by atoms with E-state index in [0.29, 0.717) is 17.1 Å². The van der Waals surface area contributed by atoms with Gasteiger partial charge in [0.25, 0.3) is 11.2 Å². The number of nitro groups is 1. The van der Waals surface area contributed by atoms with Gasteiger partial charge < -0.3 is 15.0 Å². The molecule has 24 heavy (non-hydrogen) atoms. The van der Waals surface area contributed by atoms with Crippen molar-refractivity contribution in [3.8, 4) is 0 Å². The van der Waals surface area contributed by atoms with Crippen LogP contribution in [0.1, 0.15) is 25.7 Å². The number of nitro benzene ring substituents is 1. The van der Waals surface area contributed by atoms with Crippen molar-refractivity contribution in [1.29, 1.82) is 0 Å². The lowest BCUT2D eigenvalue weighted by molar-refractivity contribution is -0.383. The van der Waals surface area contributed by atoms with Crippen LogP contribution < -0.4 is 10.9 Å². The Kier molecular flexibility index (Phi) is 3.68. The second-order valence-electron chi connectivity index (χ2n) is 6.42. The molecule has 3 unspecified atom stereocenters. The van der Waals surface area contributed by atoms with E-state index in [0.717, 1.165) is 32.3 Å². The van der Waals surface area contributed by atoms with E-state index in [-0.39, 0.29) is 28.8 Å². The van der Waals surface area contributed by atoms with Crippen molar-refractivity contribution in [2.45, 2.75) is 37.8 Å². The lowest BCUT2D eigenvalue weighted by atomic mass is 9.81. The van der Waals surface area contributed by atoms with E-state index in [4.69, 9.17) is 4.74 Å². The molecule has 0 spiro atoms. The molecule has 0 amide bonds. The number of rotatable bonds is 3. The van der Waals surface area contributed by atoms with Gasteiger partial charge >= 0.3 is 0 Å². The molecule has 2 fully saturated rings. The summed E-state index contributed by atoms with van der Waals surface area (Å²) in [7, 11) is 0. The minimum Gasteiger partial charge on any atom is -0.378 e. The first-order valence-corrected chi connectivity index (χ1v) is 8.17. The molecule has 126 valence electrons. The average Bonchev–Trinajstić information content (AvgIpc) is 3.04. The van der Waals surface area contributed by atoms with Gasteiger partial charge in [0.1, 0.15) is 5.69 Å². The maximum absolute atomic E-state index is 11.8. The van der Waals surface area contributed by atoms with Crippen LogP contribution in [-0.2, 0) is 4.74 Å². The highest BCUT2D eigenvalue weighted by atomic mass is 16.6. The van der Waals surface area contributed by atoms with Gasteiger partial charge in [-0.2, -0.15) is 0 Å². The van der Waals surface area contributed by atoms with Crippen LogP contribution in [0, 0.1) is 16.0 Å². The average molecular weight is 330 g/mol. The van der Waals surface area contributed by atoms with Gasteiger partial charge in [-0.3, -0.25) is 14.9 Å². The molecule has 0 radical (unpaired) electrons. The Morgan fingerprint density at radius 2 is 2.21 bits per heavy atom. The zero-order chi connectivity index (χ0) is 16.7. The molecule has 1 saturated heterocycles. The number of aromatic nitrogens is 2. The van der Waals surface area contributed by atoms with Gasteiger partial charge in [0, 0.05) is 24.6 Å². The van der Waals surface area contributed by atoms with Crippen LogP contribution in [-0.4, -0.2) is 33.6 Å². The molecule has 1 saturated carbocycles. The minimum atomic E-state index is -0.459. The number of nitrogens with one attached hydrogen (secondary N) is 2. The Morgan fingerprint density at radius 3 is 3.04 bits per heavy atom. The van der Waals surface area contributed by atoms with E-state index in [9.17, 15) is 14.9 Å². The second-order valence-corrected chi connectivity index (χ2v) is 6.42. The van der Waals surface area contributed by atoms with Gasteiger partial charge in [0.2, 0.25) is 0 Å². The van der Waals surface area contributed by atoms with Crippen molar-refractivity contribution < 1.29 is 9.66 Å². The molecule has 4 rings (SSSR count). The fourth-order valence-corrected chi connectivity index (χ4v) is 3.93. The standard InChI is InChI=1S/C16H18N4O4/c21-16-10-6-14(20(22)23)13(7-12(10)17-8-18-16)19-11-2-1-3-15-9(11)4-5-24-15/h6-9,11,15,19H,1-5H2,(H,17,18,21). The van der Waals surface area contributed by atoms with Crippen molar-refractivity contribution in [1.82, 2.24) is 9.97 Å². The van der Waals surface area contributed by atoms with E-state index < -0.39 is 4.92 Å². The summed E-state index contributed by atoms with van der Waals surface area (Å²) in [4.78, 5) is 29.4. The highest BCUT2D eigenvalue weighted by molar-refractivity contribution is 5.86. The fraction of sp³-hybridized carbons (Fsp3) is 0.500. The van der Waals surface area contributed by atoms with E-state index in [1.807, 2.05) is 0 Å². The number of ether oxygens (including phenoxy) is 1. The molecule has 2 heterocycles. The molecule has 8 heteroatoms.